The van der Waals surface area contributed by atoms with Crippen molar-refractivity contribution in [1.82, 2.24) is 19.9 Å². The van der Waals surface area contributed by atoms with E-state index in [4.69, 9.17) is 39.1 Å². The molecule has 2 heterocycles. The van der Waals surface area contributed by atoms with Gasteiger partial charge in [0.25, 0.3) is 5.91 Å². The van der Waals surface area contributed by atoms with Gasteiger partial charge in [-0.25, -0.2) is 13.4 Å². The van der Waals surface area contributed by atoms with Gasteiger partial charge in [0.05, 0.1) is 5.02 Å². The minimum absolute atomic E-state index is 0. The Morgan fingerprint density at radius 2 is 1.70 bits per heavy atom. The lowest BCUT2D eigenvalue weighted by Gasteiger charge is -2.24. The summed E-state index contributed by atoms with van der Waals surface area (Å²) < 4.78 is 35.1. The molecule has 0 saturated carbocycles. The maximum absolute atomic E-state index is 13.9. The Morgan fingerprint density at radius 1 is 1.02 bits per heavy atom. The molecule has 0 spiro atoms. The smallest absolute Gasteiger partial charge is 0.251 e. The highest BCUT2D eigenvalue weighted by Gasteiger charge is 2.40. The summed E-state index contributed by atoms with van der Waals surface area (Å²) in [5.74, 6) is -0.297. The predicted octanol–water partition coefficient (Wildman–Crippen LogP) is 5.95. The van der Waals surface area contributed by atoms with Gasteiger partial charge in [-0.05, 0) is 75.1 Å². The molecule has 5 rings (SSSR count). The fourth-order valence-electron chi connectivity index (χ4n) is 5.67. The maximum atomic E-state index is 13.9. The highest BCUT2D eigenvalue weighted by Crippen LogP contribution is 2.36. The monoisotopic (exact) mass is 782 g/mol. The number of halogens is 4. The number of aryl methyl sites for hydroxylation is 2. The Bertz CT molecular complexity index is 2000. The normalized spacial score (nSPS) is 14.4. The summed E-state index contributed by atoms with van der Waals surface area (Å²) in [5.41, 5.74) is 9.26. The number of nitrogen functional groups attached to an aromatic ring is 1. The largest absolute Gasteiger partial charge is 0.487 e. The number of ether oxygens (including phenoxy) is 1. The van der Waals surface area contributed by atoms with E-state index in [9.17, 15) is 18.0 Å². The lowest BCUT2D eigenvalue weighted by Crippen LogP contribution is -2.46. The van der Waals surface area contributed by atoms with Crippen LogP contribution in [0.5, 0.6) is 5.75 Å². The molecular weight excluding hydrogens is 746 g/mol. The van der Waals surface area contributed by atoms with Crippen molar-refractivity contribution in [3.63, 3.8) is 0 Å². The number of carbonyl (C=O) groups is 2. The summed E-state index contributed by atoms with van der Waals surface area (Å²) in [6.07, 6.45) is 1.29. The van der Waals surface area contributed by atoms with Crippen molar-refractivity contribution >= 4 is 86.6 Å². The lowest BCUT2D eigenvalue weighted by molar-refractivity contribution is -0.124. The molecule has 1 aliphatic heterocycles. The van der Waals surface area contributed by atoms with Crippen molar-refractivity contribution in [2.24, 2.45) is 5.73 Å². The third-order valence-corrected chi connectivity index (χ3v) is 11.0. The number of hydrogen-bond donors (Lipinski definition) is 4. The average molecular weight is 785 g/mol. The molecule has 2 amide bonds. The van der Waals surface area contributed by atoms with Gasteiger partial charge in [0.2, 0.25) is 15.9 Å². The van der Waals surface area contributed by atoms with Crippen LogP contribution in [-0.4, -0.2) is 61.0 Å². The van der Waals surface area contributed by atoms with Crippen LogP contribution >= 0.6 is 48.0 Å². The van der Waals surface area contributed by atoms with E-state index in [-0.39, 0.29) is 71.2 Å². The minimum atomic E-state index is -4.18. The molecule has 5 N–H and O–H groups in total. The summed E-state index contributed by atoms with van der Waals surface area (Å²) in [6.45, 7) is 4.48. The van der Waals surface area contributed by atoms with Crippen LogP contribution < -0.4 is 21.1 Å². The van der Waals surface area contributed by atoms with Gasteiger partial charge in [-0.15, -0.1) is 24.8 Å². The van der Waals surface area contributed by atoms with Gasteiger partial charge in [-0.1, -0.05) is 47.5 Å². The van der Waals surface area contributed by atoms with Crippen molar-refractivity contribution in [1.29, 1.82) is 5.41 Å². The van der Waals surface area contributed by atoms with Crippen LogP contribution in [-0.2, 0) is 21.4 Å². The van der Waals surface area contributed by atoms with Gasteiger partial charge in [-0.2, -0.15) is 4.31 Å². The van der Waals surface area contributed by atoms with Gasteiger partial charge < -0.3 is 21.1 Å². The number of hydrogen-bond acceptors (Lipinski definition) is 7. The molecule has 1 atom stereocenters. The van der Waals surface area contributed by atoms with Gasteiger partial charge >= 0.3 is 0 Å². The quantitative estimate of drug-likeness (QED) is 0.0782. The molecule has 3 aromatic carbocycles. The number of sulfonamides is 1. The molecule has 4 aromatic rings. The van der Waals surface area contributed by atoms with E-state index in [1.54, 1.807) is 30.3 Å². The second kappa shape index (κ2) is 17.5. The Labute approximate surface area is 313 Å². The molecule has 1 saturated heterocycles. The van der Waals surface area contributed by atoms with Crippen molar-refractivity contribution in [2.75, 3.05) is 19.6 Å². The minimum Gasteiger partial charge on any atom is -0.487 e. The molecule has 268 valence electrons. The molecule has 0 unspecified atom stereocenters. The number of nitrogens with zero attached hydrogens (tertiary/aromatic N) is 2. The number of amides is 2. The molecule has 1 aromatic heterocycles. The Morgan fingerprint density at radius 3 is 2.40 bits per heavy atom. The van der Waals surface area contributed by atoms with Crippen LogP contribution in [0.1, 0.15) is 52.0 Å². The van der Waals surface area contributed by atoms with Crippen LogP contribution in [0.2, 0.25) is 10.0 Å². The van der Waals surface area contributed by atoms with Crippen LogP contribution in [0.3, 0.4) is 0 Å². The fourth-order valence-corrected chi connectivity index (χ4v) is 8.19. The zero-order valence-electron chi connectivity index (χ0n) is 27.3. The molecular formula is C34H38Cl4N6O5S. The molecule has 1 aliphatic rings. The summed E-state index contributed by atoms with van der Waals surface area (Å²) in [6, 6.07) is 15.8. The molecule has 50 heavy (non-hydrogen) atoms. The first-order chi connectivity index (χ1) is 22.9. The number of benzene rings is 3. The number of rotatable bonds is 12. The maximum Gasteiger partial charge on any atom is 0.251 e. The van der Waals surface area contributed by atoms with Crippen LogP contribution in [0.4, 0.5) is 0 Å². The number of para-hydroxylation sites is 1. The van der Waals surface area contributed by atoms with Crippen molar-refractivity contribution in [3.8, 4) is 5.75 Å². The Balaban J connectivity index is 0.00000338. The Hall–Kier alpha value is -3.65. The fraction of sp³-hybridized carbons (Fsp3) is 0.294. The molecule has 0 aliphatic carbocycles. The van der Waals surface area contributed by atoms with Gasteiger partial charge in [0.1, 0.15) is 34.6 Å². The standard InChI is InChI=1S/C34H36Cl2N6O5S.2ClH/c1-20-18-21(2)41-31-24(20)6-3-8-28(31)47-19-25-26(35)13-14-29(30(25)36)48(45,46)42-17-4-7-27(42)34(44)40-16-5-15-39-33(43)23-11-9-22(10-12-23)32(37)38;;/h3,6,8-14,18,27H,4-5,7,15-17,19H2,1-2H3,(H3,37,38)(H,39,43)(H,40,44);2*1H/t27-;;/m0../s1. The molecule has 0 bridgehead atoms. The highest BCUT2D eigenvalue weighted by atomic mass is 35.5. The molecule has 11 nitrogen and oxygen atoms in total. The Kier molecular flexibility index (Phi) is 14.3. The zero-order valence-corrected chi connectivity index (χ0v) is 31.3. The summed E-state index contributed by atoms with van der Waals surface area (Å²) in [5, 5.41) is 14.1. The topological polar surface area (TPSA) is 168 Å². The first kappa shape index (κ1) is 40.8. The number of amidine groups is 1. The third-order valence-electron chi connectivity index (χ3n) is 8.15. The van der Waals surface area contributed by atoms with E-state index in [1.807, 2.05) is 32.0 Å². The SMILES string of the molecule is Cc1cc(C)c2cccc(OCc3c(Cl)ccc(S(=O)(=O)N4CCC[C@H]4C(=O)NCCCNC(=O)c4ccc(C(=N)N)cc4)c3Cl)c2n1.Cl.Cl. The number of aromatic nitrogens is 1. The van der Waals surface area contributed by atoms with Crippen LogP contribution in [0, 0.1) is 19.3 Å². The van der Waals surface area contributed by atoms with Gasteiger partial charge in [-0.3, -0.25) is 15.0 Å². The number of nitrogens with two attached hydrogens (primary N) is 1. The third kappa shape index (κ3) is 8.98. The van der Waals surface area contributed by atoms with E-state index < -0.39 is 22.0 Å². The van der Waals surface area contributed by atoms with Crippen molar-refractivity contribution < 1.29 is 22.7 Å². The average Bonchev–Trinajstić information content (AvgIpc) is 3.56. The van der Waals surface area contributed by atoms with Crippen molar-refractivity contribution in [2.45, 2.75) is 50.7 Å². The van der Waals surface area contributed by atoms with Crippen LogP contribution in [0.25, 0.3) is 10.9 Å². The van der Waals surface area contributed by atoms with Gasteiger partial charge in [0, 0.05) is 52.4 Å². The number of nitrogens with one attached hydrogen (secondary N) is 3. The van der Waals surface area contributed by atoms with E-state index in [2.05, 4.69) is 15.6 Å². The summed E-state index contributed by atoms with van der Waals surface area (Å²) in [7, 11) is -4.18. The summed E-state index contributed by atoms with van der Waals surface area (Å²) in [4.78, 5) is 30.0. The second-order valence-corrected chi connectivity index (χ2v) is 14.2. The number of fused-ring (bicyclic) bond motifs is 1. The van der Waals surface area contributed by atoms with E-state index >= 15 is 0 Å². The zero-order chi connectivity index (χ0) is 34.6. The van der Waals surface area contributed by atoms with E-state index in [0.29, 0.717) is 53.8 Å². The molecule has 16 heteroatoms. The number of carbonyl (C=O) groups excluding carboxylic acids is 2. The van der Waals surface area contributed by atoms with Gasteiger partial charge in [0.15, 0.2) is 0 Å². The van der Waals surface area contributed by atoms with E-state index in [1.165, 1.54) is 16.4 Å². The lowest BCUT2D eigenvalue weighted by atomic mass is 10.1. The van der Waals surface area contributed by atoms with Crippen LogP contribution in [0.15, 0.2) is 65.6 Å². The second-order valence-electron chi connectivity index (χ2n) is 11.5. The predicted molar refractivity (Wildman–Crippen MR) is 201 cm³/mol. The molecule has 1 fully saturated rings. The van der Waals surface area contributed by atoms with E-state index in [0.717, 1.165) is 16.6 Å². The van der Waals surface area contributed by atoms with Crippen molar-refractivity contribution in [3.05, 3.63) is 98.7 Å². The summed E-state index contributed by atoms with van der Waals surface area (Å²) >= 11 is 13.2. The first-order valence-electron chi connectivity index (χ1n) is 15.4. The molecule has 0 radical (unpaired) electrons. The number of pyridine rings is 1. The first-order valence-corrected chi connectivity index (χ1v) is 17.6. The highest BCUT2D eigenvalue weighted by molar-refractivity contribution is 7.89.